The van der Waals surface area contributed by atoms with Crippen LogP contribution in [0, 0.1) is 16.9 Å². The highest BCUT2D eigenvalue weighted by atomic mass is 19.4. The molecule has 0 radical (unpaired) electrons. The van der Waals surface area contributed by atoms with Gasteiger partial charge in [-0.3, -0.25) is 10.2 Å². The molecule has 9 nitrogen and oxygen atoms in total. The third-order valence-corrected chi connectivity index (χ3v) is 5.13. The van der Waals surface area contributed by atoms with E-state index in [0.717, 1.165) is 18.9 Å². The van der Waals surface area contributed by atoms with Crippen LogP contribution in [0.2, 0.25) is 0 Å². The Morgan fingerprint density at radius 1 is 1.14 bits per heavy atom. The molecule has 6 N–H and O–H groups in total. The molecule has 3 rings (SSSR count). The molecule has 0 saturated carbocycles. The van der Waals surface area contributed by atoms with E-state index in [9.17, 15) is 18.0 Å². The fourth-order valence-electron chi connectivity index (χ4n) is 3.57. The minimum atomic E-state index is -4.88. The van der Waals surface area contributed by atoms with Gasteiger partial charge in [0.15, 0.2) is 17.7 Å². The SMILES string of the molecule is N#CN1CCCC(N/C(N)=C(\C(=N)c2ccc(Oc3ccccc3OC(F)(F)F)cc2)C(N)=O)C1. The summed E-state index contributed by atoms with van der Waals surface area (Å²) in [5.74, 6) is -1.48. The zero-order valence-electron chi connectivity index (χ0n) is 18.4. The number of benzene rings is 2. The van der Waals surface area contributed by atoms with E-state index < -0.39 is 18.0 Å². The molecule has 2 aromatic rings. The molecule has 1 atom stereocenters. The van der Waals surface area contributed by atoms with E-state index in [1.807, 2.05) is 0 Å². The number of nitrogens with two attached hydrogens (primary N) is 2. The molecule has 0 spiro atoms. The highest BCUT2D eigenvalue weighted by Gasteiger charge is 2.32. The van der Waals surface area contributed by atoms with Crippen LogP contribution in [0.15, 0.2) is 59.9 Å². The predicted molar refractivity (Wildman–Crippen MR) is 120 cm³/mol. The number of carbonyl (C=O) groups is 1. The van der Waals surface area contributed by atoms with E-state index >= 15 is 0 Å². The molecule has 35 heavy (non-hydrogen) atoms. The first-order valence-corrected chi connectivity index (χ1v) is 10.5. The van der Waals surface area contributed by atoms with Crippen LogP contribution >= 0.6 is 0 Å². The van der Waals surface area contributed by atoms with E-state index in [0.29, 0.717) is 13.1 Å². The highest BCUT2D eigenvalue weighted by Crippen LogP contribution is 2.35. The summed E-state index contributed by atoms with van der Waals surface area (Å²) in [6.07, 6.45) is -1.32. The standard InChI is InChI=1S/C23H23F3N6O3/c24-23(25,26)35-18-6-2-1-5-17(18)34-16-9-7-14(8-10-16)20(28)19(22(30)33)21(29)31-15-4-3-11-32(12-15)13-27/h1-2,5-10,15,28,31H,3-4,11-12,29H2,(H2,30,33)/b21-19+,28-20?. The summed E-state index contributed by atoms with van der Waals surface area (Å²) in [6, 6.07) is 10.8. The van der Waals surface area contributed by atoms with E-state index in [4.69, 9.17) is 26.9 Å². The number of primary amides is 1. The summed E-state index contributed by atoms with van der Waals surface area (Å²) in [5.41, 5.74) is 11.4. The van der Waals surface area contributed by atoms with Gasteiger partial charge >= 0.3 is 6.36 Å². The lowest BCUT2D eigenvalue weighted by molar-refractivity contribution is -0.275. The topological polar surface area (TPSA) is 150 Å². The first kappa shape index (κ1) is 25.2. The minimum Gasteiger partial charge on any atom is -0.453 e. The molecule has 1 heterocycles. The van der Waals surface area contributed by atoms with Crippen molar-refractivity contribution in [3.63, 3.8) is 0 Å². The van der Waals surface area contributed by atoms with Crippen LogP contribution in [0.25, 0.3) is 0 Å². The molecule has 12 heteroatoms. The fraction of sp³-hybridized carbons (Fsp3) is 0.261. The lowest BCUT2D eigenvalue weighted by atomic mass is 10.0. The summed E-state index contributed by atoms with van der Waals surface area (Å²) in [6.45, 7) is 1.04. The Labute approximate surface area is 199 Å². The molecule has 2 aromatic carbocycles. The van der Waals surface area contributed by atoms with Gasteiger partial charge in [0.25, 0.3) is 5.91 Å². The number of hydrogen-bond donors (Lipinski definition) is 4. The summed E-state index contributed by atoms with van der Waals surface area (Å²) in [5, 5.41) is 20.5. The van der Waals surface area contributed by atoms with Gasteiger partial charge in [0.2, 0.25) is 0 Å². The van der Waals surface area contributed by atoms with Crippen molar-refractivity contribution < 1.29 is 27.4 Å². The van der Waals surface area contributed by atoms with Crippen LogP contribution in [0.5, 0.6) is 17.2 Å². The van der Waals surface area contributed by atoms with Crippen molar-refractivity contribution in [1.82, 2.24) is 10.2 Å². The highest BCUT2D eigenvalue weighted by molar-refractivity contribution is 6.26. The largest absolute Gasteiger partial charge is 0.573 e. The molecule has 184 valence electrons. The van der Waals surface area contributed by atoms with E-state index in [-0.39, 0.29) is 40.2 Å². The van der Waals surface area contributed by atoms with E-state index in [2.05, 4.69) is 16.2 Å². The second-order valence-electron chi connectivity index (χ2n) is 7.68. The number of hydrogen-bond acceptors (Lipinski definition) is 8. The maximum atomic E-state index is 12.6. The van der Waals surface area contributed by atoms with Crippen molar-refractivity contribution in [3.8, 4) is 23.4 Å². The van der Waals surface area contributed by atoms with Crippen molar-refractivity contribution in [2.45, 2.75) is 25.2 Å². The van der Waals surface area contributed by atoms with Crippen molar-refractivity contribution in [3.05, 3.63) is 65.5 Å². The van der Waals surface area contributed by atoms with Gasteiger partial charge in [-0.2, -0.15) is 5.26 Å². The van der Waals surface area contributed by atoms with Gasteiger partial charge in [0.1, 0.15) is 17.1 Å². The molecule has 1 amide bonds. The zero-order chi connectivity index (χ0) is 25.6. The number of alkyl halides is 3. The van der Waals surface area contributed by atoms with Gasteiger partial charge in [0.05, 0.1) is 5.71 Å². The molecule has 1 fully saturated rings. The van der Waals surface area contributed by atoms with Gasteiger partial charge in [0, 0.05) is 24.7 Å². The summed E-state index contributed by atoms with van der Waals surface area (Å²) >= 11 is 0. The van der Waals surface area contributed by atoms with Crippen LogP contribution in [0.1, 0.15) is 18.4 Å². The van der Waals surface area contributed by atoms with Gasteiger partial charge < -0.3 is 31.2 Å². The maximum absolute atomic E-state index is 12.6. The Balaban J connectivity index is 1.76. The molecule has 0 aliphatic carbocycles. The number of amides is 1. The minimum absolute atomic E-state index is 0.0779. The van der Waals surface area contributed by atoms with Gasteiger partial charge in [-0.05, 0) is 49.2 Å². The van der Waals surface area contributed by atoms with Gasteiger partial charge in [-0.1, -0.05) is 12.1 Å². The summed E-state index contributed by atoms with van der Waals surface area (Å²) in [4.78, 5) is 13.7. The lowest BCUT2D eigenvalue weighted by Crippen LogP contribution is -2.46. The second kappa shape index (κ2) is 10.7. The first-order chi connectivity index (χ1) is 16.6. The Bertz CT molecular complexity index is 1160. The number of piperidine rings is 1. The number of rotatable bonds is 8. The Hall–Kier alpha value is -4.40. The van der Waals surface area contributed by atoms with Crippen LogP contribution in [0.4, 0.5) is 13.2 Å². The number of halogens is 3. The van der Waals surface area contributed by atoms with Crippen molar-refractivity contribution in [2.75, 3.05) is 13.1 Å². The number of likely N-dealkylation sites (tertiary alicyclic amines) is 1. The monoisotopic (exact) mass is 488 g/mol. The van der Waals surface area contributed by atoms with Crippen molar-refractivity contribution in [1.29, 1.82) is 10.7 Å². The molecule has 0 aromatic heterocycles. The van der Waals surface area contributed by atoms with E-state index in [1.165, 1.54) is 42.5 Å². The molecular formula is C23H23F3N6O3. The number of nitrogens with one attached hydrogen (secondary N) is 2. The first-order valence-electron chi connectivity index (χ1n) is 10.5. The van der Waals surface area contributed by atoms with Crippen LogP contribution in [-0.2, 0) is 4.79 Å². The smallest absolute Gasteiger partial charge is 0.453 e. The Kier molecular flexibility index (Phi) is 7.70. The van der Waals surface area contributed by atoms with Gasteiger partial charge in [-0.15, -0.1) is 13.2 Å². The number of nitriles is 1. The van der Waals surface area contributed by atoms with Gasteiger partial charge in [-0.25, -0.2) is 0 Å². The number of para-hydroxylation sites is 2. The average molecular weight is 488 g/mol. The third-order valence-electron chi connectivity index (χ3n) is 5.13. The zero-order valence-corrected chi connectivity index (χ0v) is 18.4. The Morgan fingerprint density at radius 3 is 2.40 bits per heavy atom. The lowest BCUT2D eigenvalue weighted by Gasteiger charge is -2.30. The van der Waals surface area contributed by atoms with Crippen molar-refractivity contribution >= 4 is 11.6 Å². The average Bonchev–Trinajstić information content (AvgIpc) is 2.80. The molecule has 0 bridgehead atoms. The molecule has 1 unspecified atom stereocenters. The fourth-order valence-corrected chi connectivity index (χ4v) is 3.57. The molecular weight excluding hydrogens is 465 g/mol. The van der Waals surface area contributed by atoms with E-state index in [1.54, 1.807) is 4.90 Å². The quantitative estimate of drug-likeness (QED) is 0.253. The predicted octanol–water partition coefficient (Wildman–Crippen LogP) is 2.94. The van der Waals surface area contributed by atoms with Crippen molar-refractivity contribution in [2.24, 2.45) is 11.5 Å². The maximum Gasteiger partial charge on any atom is 0.573 e. The van der Waals surface area contributed by atoms with Crippen LogP contribution in [-0.4, -0.2) is 42.0 Å². The Morgan fingerprint density at radius 2 is 1.80 bits per heavy atom. The van der Waals surface area contributed by atoms with Crippen LogP contribution in [0.3, 0.4) is 0 Å². The molecule has 1 aliphatic rings. The third kappa shape index (κ3) is 6.80. The summed E-state index contributed by atoms with van der Waals surface area (Å²) < 4.78 is 47.3. The molecule has 1 aliphatic heterocycles. The van der Waals surface area contributed by atoms with Crippen LogP contribution < -0.4 is 26.3 Å². The molecule has 1 saturated heterocycles. The summed E-state index contributed by atoms with van der Waals surface area (Å²) in [7, 11) is 0. The normalized spacial score (nSPS) is 16.5. The number of ether oxygens (including phenoxy) is 2. The second-order valence-corrected chi connectivity index (χ2v) is 7.68. The number of carbonyl (C=O) groups excluding carboxylic acids is 1. The number of nitrogens with zero attached hydrogens (tertiary/aromatic N) is 2.